The minimum Gasteiger partial charge on any atom is -0.462 e. The van der Waals surface area contributed by atoms with Gasteiger partial charge in [-0.15, -0.1) is 0 Å². The molecule has 42 heavy (non-hydrogen) atoms. The summed E-state index contributed by atoms with van der Waals surface area (Å²) in [5.41, 5.74) is -1.58. The van der Waals surface area contributed by atoms with E-state index in [2.05, 4.69) is 32.3 Å². The van der Waals surface area contributed by atoms with Crippen LogP contribution in [-0.2, 0) is 23.4 Å². The number of fused-ring (bicyclic) bond motifs is 1. The molecule has 1 aromatic carbocycles. The molecule has 0 bridgehead atoms. The number of benzene rings is 1. The highest BCUT2D eigenvalue weighted by Gasteiger charge is 2.56. The molecule has 0 saturated carbocycles. The minimum atomic E-state index is -4.27. The van der Waals surface area contributed by atoms with Crippen LogP contribution < -0.4 is 14.9 Å². The van der Waals surface area contributed by atoms with Crippen LogP contribution >= 0.6 is 7.75 Å². The van der Waals surface area contributed by atoms with Gasteiger partial charge in [0.2, 0.25) is 0 Å². The van der Waals surface area contributed by atoms with E-state index >= 15 is 4.39 Å². The number of ether oxygens (including phenoxy) is 2. The highest BCUT2D eigenvalue weighted by Crippen LogP contribution is 2.48. The Morgan fingerprint density at radius 2 is 1.98 bits per heavy atom. The maximum Gasteiger partial charge on any atom is 0.459 e. The van der Waals surface area contributed by atoms with Crippen LogP contribution in [0.1, 0.15) is 53.7 Å². The summed E-state index contributed by atoms with van der Waals surface area (Å²) in [6.45, 7) is 8.22. The smallest absolute Gasteiger partial charge is 0.459 e. The number of aliphatic hydroxyl groups is 1. The van der Waals surface area contributed by atoms with E-state index in [1.54, 1.807) is 44.2 Å². The fraction of sp³-hybridized carbons (Fsp3) is 0.556. The Hall–Kier alpha value is -3.16. The van der Waals surface area contributed by atoms with Crippen LogP contribution in [0.25, 0.3) is 11.2 Å². The summed E-state index contributed by atoms with van der Waals surface area (Å²) in [6.07, 6.45) is -0.0549. The van der Waals surface area contributed by atoms with Crippen molar-refractivity contribution in [3.05, 3.63) is 43.0 Å². The van der Waals surface area contributed by atoms with Crippen molar-refractivity contribution in [2.45, 2.75) is 83.7 Å². The second-order valence-electron chi connectivity index (χ2n) is 10.5. The van der Waals surface area contributed by atoms with Gasteiger partial charge in [-0.3, -0.25) is 13.9 Å². The molecule has 0 amide bonds. The lowest BCUT2D eigenvalue weighted by atomic mass is 9.98. The zero-order chi connectivity index (χ0) is 30.5. The molecule has 1 aliphatic rings. The number of alkyl halides is 1. The Labute approximate surface area is 243 Å². The molecule has 13 nitrogen and oxygen atoms in total. The zero-order valence-corrected chi connectivity index (χ0v) is 25.2. The van der Waals surface area contributed by atoms with Crippen LogP contribution in [0.5, 0.6) is 5.75 Å². The van der Waals surface area contributed by atoms with E-state index in [-0.39, 0.29) is 5.75 Å². The topological polar surface area (TPSA) is 159 Å². The first-order valence-electron chi connectivity index (χ1n) is 13.9. The van der Waals surface area contributed by atoms with Gasteiger partial charge < -0.3 is 24.4 Å². The molecule has 15 heteroatoms. The minimum absolute atomic E-state index is 0.201. The number of hydrogen-bond donors (Lipinski definition) is 3. The van der Waals surface area contributed by atoms with E-state index in [4.69, 9.17) is 18.5 Å². The van der Waals surface area contributed by atoms with Crippen LogP contribution in [0, 0.1) is 0 Å². The van der Waals surface area contributed by atoms with E-state index in [1.165, 1.54) is 31.1 Å². The number of para-hydroxylation sites is 1. The van der Waals surface area contributed by atoms with Crippen molar-refractivity contribution in [3.8, 4) is 5.75 Å². The first-order valence-corrected chi connectivity index (χ1v) is 15.4. The lowest BCUT2D eigenvalue weighted by Crippen LogP contribution is -2.41. The summed E-state index contributed by atoms with van der Waals surface area (Å²) in [6, 6.07) is 7.12. The van der Waals surface area contributed by atoms with E-state index in [1.807, 2.05) is 0 Å². The average Bonchev–Trinajstić information content (AvgIpc) is 3.46. The number of carbonyl (C=O) groups is 1. The molecule has 4 rings (SSSR count). The molecule has 2 aromatic heterocycles. The van der Waals surface area contributed by atoms with Gasteiger partial charge >= 0.3 is 13.7 Å². The quantitative estimate of drug-likeness (QED) is 0.137. The summed E-state index contributed by atoms with van der Waals surface area (Å²) in [7, 11) is -4.27. The number of rotatable bonds is 14. The number of imidazole rings is 1. The Morgan fingerprint density at radius 3 is 2.67 bits per heavy atom. The monoisotopic (exact) mass is 608 g/mol. The van der Waals surface area contributed by atoms with Crippen LogP contribution in [0.15, 0.2) is 43.0 Å². The molecular formula is C27H38FN6O7P. The predicted molar refractivity (Wildman–Crippen MR) is 153 cm³/mol. The number of carbonyl (C=O) groups excluding carboxylic acids is 1. The van der Waals surface area contributed by atoms with Gasteiger partial charge in [0.05, 0.1) is 19.0 Å². The highest BCUT2D eigenvalue weighted by molar-refractivity contribution is 7.52. The van der Waals surface area contributed by atoms with Crippen molar-refractivity contribution in [2.24, 2.45) is 0 Å². The van der Waals surface area contributed by atoms with Crippen molar-refractivity contribution in [1.29, 1.82) is 0 Å². The molecule has 230 valence electrons. The van der Waals surface area contributed by atoms with Gasteiger partial charge in [-0.2, -0.15) is 5.09 Å². The number of hydrogen-bond acceptors (Lipinski definition) is 11. The molecule has 3 heterocycles. The third kappa shape index (κ3) is 7.24. The van der Waals surface area contributed by atoms with E-state index in [9.17, 15) is 14.5 Å². The van der Waals surface area contributed by atoms with Crippen molar-refractivity contribution in [2.75, 3.05) is 18.5 Å². The summed E-state index contributed by atoms with van der Waals surface area (Å²) in [4.78, 5) is 25.3. The SMILES string of the molecule is CCCCNc1ncnc2c1ncn2[C@@H]1O[C@H](CO[P@](=O)(N[C@@H](C)C(=O)OC(C)C)Oc2ccccc2)[C@@H](O)[C@@]1(C)F. The number of aliphatic hydroxyl groups excluding tert-OH is 1. The Balaban J connectivity index is 1.53. The van der Waals surface area contributed by atoms with Crippen LogP contribution in [-0.4, -0.2) is 73.8 Å². The van der Waals surface area contributed by atoms with E-state index in [0.29, 0.717) is 23.5 Å². The molecule has 3 N–H and O–H groups in total. The largest absolute Gasteiger partial charge is 0.462 e. The first-order chi connectivity index (χ1) is 19.9. The number of anilines is 1. The van der Waals surface area contributed by atoms with Crippen molar-refractivity contribution < 1.29 is 37.4 Å². The summed E-state index contributed by atoms with van der Waals surface area (Å²) >= 11 is 0. The molecule has 0 unspecified atom stereocenters. The molecule has 6 atom stereocenters. The number of aromatic nitrogens is 4. The second-order valence-corrected chi connectivity index (χ2v) is 12.2. The number of esters is 1. The first kappa shape index (κ1) is 31.8. The molecule has 0 aliphatic carbocycles. The summed E-state index contributed by atoms with van der Waals surface area (Å²) in [5.74, 6) is 0.0321. The van der Waals surface area contributed by atoms with Crippen LogP contribution in [0.4, 0.5) is 10.2 Å². The van der Waals surface area contributed by atoms with Gasteiger partial charge in [0, 0.05) is 6.54 Å². The van der Waals surface area contributed by atoms with Crippen LogP contribution in [0.2, 0.25) is 0 Å². The fourth-order valence-electron chi connectivity index (χ4n) is 4.39. The summed E-state index contributed by atoms with van der Waals surface area (Å²) < 4.78 is 53.6. The number of halogens is 1. The third-order valence-electron chi connectivity index (χ3n) is 6.59. The van der Waals surface area contributed by atoms with Gasteiger partial charge in [0.25, 0.3) is 0 Å². The number of unbranched alkanes of at least 4 members (excludes halogenated alkanes) is 1. The van der Waals surface area contributed by atoms with Crippen molar-refractivity contribution in [3.63, 3.8) is 0 Å². The fourth-order valence-corrected chi connectivity index (χ4v) is 5.90. The van der Waals surface area contributed by atoms with Gasteiger partial charge in [-0.25, -0.2) is 23.9 Å². The lowest BCUT2D eigenvalue weighted by molar-refractivity contribution is -0.149. The van der Waals surface area contributed by atoms with Gasteiger partial charge in [-0.05, 0) is 46.2 Å². The normalized spacial score (nSPS) is 24.4. The maximum absolute atomic E-state index is 16.0. The molecular weight excluding hydrogens is 570 g/mol. The molecule has 3 aromatic rings. The standard InChI is InChI=1S/C27H38FN6O7P/c1-6-7-13-29-23-21-24(31-15-30-23)34(16-32-21)26-27(5,28)22(35)20(40-26)14-38-42(37,41-19-11-9-8-10-12-19)33-18(4)25(36)39-17(2)3/h8-12,15-18,20,22,26,35H,6-7,13-14H2,1-5H3,(H,33,37)(H,29,30,31)/t18-,20+,22+,26+,27+,42+/m0/s1. The van der Waals surface area contributed by atoms with Crippen molar-refractivity contribution >= 4 is 30.7 Å². The van der Waals surface area contributed by atoms with E-state index < -0.39 is 56.6 Å². The number of nitrogens with zero attached hydrogens (tertiary/aromatic N) is 4. The molecule has 1 fully saturated rings. The second kappa shape index (κ2) is 13.4. The van der Waals surface area contributed by atoms with Gasteiger partial charge in [0.1, 0.15) is 30.3 Å². The Kier molecular flexibility index (Phi) is 10.2. The maximum atomic E-state index is 16.0. The van der Waals surface area contributed by atoms with E-state index in [0.717, 1.165) is 12.8 Å². The highest BCUT2D eigenvalue weighted by atomic mass is 31.2. The molecule has 0 radical (unpaired) electrons. The Bertz CT molecular complexity index is 1390. The third-order valence-corrected chi connectivity index (χ3v) is 8.23. The predicted octanol–water partition coefficient (Wildman–Crippen LogP) is 4.16. The van der Waals surface area contributed by atoms with Crippen molar-refractivity contribution in [1.82, 2.24) is 24.6 Å². The van der Waals surface area contributed by atoms with Gasteiger partial charge in [-0.1, -0.05) is 31.5 Å². The lowest BCUT2D eigenvalue weighted by Gasteiger charge is -2.25. The molecule has 1 aliphatic heterocycles. The van der Waals surface area contributed by atoms with Crippen LogP contribution in [0.3, 0.4) is 0 Å². The Morgan fingerprint density at radius 1 is 1.24 bits per heavy atom. The zero-order valence-electron chi connectivity index (χ0n) is 24.3. The molecule has 0 spiro atoms. The molecule has 1 saturated heterocycles. The average molecular weight is 609 g/mol. The van der Waals surface area contributed by atoms with Gasteiger partial charge in [0.15, 0.2) is 28.9 Å². The summed E-state index contributed by atoms with van der Waals surface area (Å²) in [5, 5.41) is 16.7. The number of nitrogens with one attached hydrogen (secondary N) is 2.